The molecule has 0 aromatic carbocycles. The quantitative estimate of drug-likeness (QED) is 0.741. The van der Waals surface area contributed by atoms with Crippen LogP contribution in [-0.4, -0.2) is 48.3 Å². The van der Waals surface area contributed by atoms with Gasteiger partial charge in [0.2, 0.25) is 0 Å². The van der Waals surface area contributed by atoms with Crippen LogP contribution in [0.3, 0.4) is 0 Å². The molecule has 20 heavy (non-hydrogen) atoms. The van der Waals surface area contributed by atoms with Gasteiger partial charge in [-0.3, -0.25) is 0 Å². The molecule has 1 fully saturated rings. The fourth-order valence-electron chi connectivity index (χ4n) is 2.22. The highest BCUT2D eigenvalue weighted by atomic mass is 32.1. The standard InChI is InChI=1S/C13H19N3O3S/c17-8-4-10(11-2-1-9-20-11)3-5-14-12(18)16-7-6-15-13(16)19/h1-2,9-10,17H,3-8H2,(H,14,18)(H,15,19). The summed E-state index contributed by atoms with van der Waals surface area (Å²) in [7, 11) is 0. The number of carbonyl (C=O) groups is 2. The maximum atomic E-state index is 11.8. The van der Waals surface area contributed by atoms with Crippen LogP contribution in [0.2, 0.25) is 0 Å². The Labute approximate surface area is 121 Å². The largest absolute Gasteiger partial charge is 0.396 e. The first-order valence-electron chi connectivity index (χ1n) is 6.70. The van der Waals surface area contributed by atoms with Crippen LogP contribution in [0, 0.1) is 0 Å². The summed E-state index contributed by atoms with van der Waals surface area (Å²) in [5.74, 6) is 0.243. The molecule has 6 nitrogen and oxygen atoms in total. The zero-order valence-corrected chi connectivity index (χ0v) is 12.0. The summed E-state index contributed by atoms with van der Waals surface area (Å²) in [6.07, 6.45) is 1.43. The van der Waals surface area contributed by atoms with Gasteiger partial charge in [-0.25, -0.2) is 14.5 Å². The molecule has 0 radical (unpaired) electrons. The second kappa shape index (κ2) is 7.25. The molecule has 7 heteroatoms. The number of imide groups is 1. The summed E-state index contributed by atoms with van der Waals surface area (Å²) >= 11 is 1.66. The van der Waals surface area contributed by atoms with E-state index < -0.39 is 0 Å². The van der Waals surface area contributed by atoms with E-state index in [2.05, 4.69) is 10.6 Å². The number of urea groups is 2. The molecule has 1 atom stereocenters. The fraction of sp³-hybridized carbons (Fsp3) is 0.538. The molecule has 0 aliphatic carbocycles. The molecule has 1 aromatic heterocycles. The molecule has 4 amide bonds. The van der Waals surface area contributed by atoms with E-state index in [-0.39, 0.29) is 24.6 Å². The topological polar surface area (TPSA) is 81.7 Å². The van der Waals surface area contributed by atoms with Crippen LogP contribution < -0.4 is 10.6 Å². The van der Waals surface area contributed by atoms with E-state index >= 15 is 0 Å². The number of hydrogen-bond acceptors (Lipinski definition) is 4. The van der Waals surface area contributed by atoms with Crippen molar-refractivity contribution in [2.24, 2.45) is 0 Å². The summed E-state index contributed by atoms with van der Waals surface area (Å²) in [6.45, 7) is 1.54. The average Bonchev–Trinajstić information content (AvgIpc) is 3.08. The first-order valence-corrected chi connectivity index (χ1v) is 7.58. The van der Waals surface area contributed by atoms with Gasteiger partial charge in [0, 0.05) is 31.1 Å². The van der Waals surface area contributed by atoms with E-state index in [1.165, 1.54) is 9.78 Å². The van der Waals surface area contributed by atoms with E-state index in [0.29, 0.717) is 26.1 Å². The monoisotopic (exact) mass is 297 g/mol. The van der Waals surface area contributed by atoms with Gasteiger partial charge in [-0.2, -0.15) is 0 Å². The molecule has 0 saturated carbocycles. The number of nitrogens with zero attached hydrogens (tertiary/aromatic N) is 1. The number of thiophene rings is 1. The molecule has 1 saturated heterocycles. The fourth-order valence-corrected chi connectivity index (χ4v) is 3.12. The maximum Gasteiger partial charge on any atom is 0.325 e. The van der Waals surface area contributed by atoms with Crippen molar-refractivity contribution in [3.8, 4) is 0 Å². The number of nitrogens with one attached hydrogen (secondary N) is 2. The molecule has 0 spiro atoms. The predicted molar refractivity (Wildman–Crippen MR) is 76.9 cm³/mol. The molecule has 1 aliphatic heterocycles. The highest BCUT2D eigenvalue weighted by Crippen LogP contribution is 2.26. The first kappa shape index (κ1) is 14.8. The van der Waals surface area contributed by atoms with Gasteiger partial charge in [-0.15, -0.1) is 11.3 Å². The molecular formula is C13H19N3O3S. The third kappa shape index (κ3) is 3.71. The summed E-state index contributed by atoms with van der Waals surface area (Å²) in [5, 5.41) is 16.5. The number of aliphatic hydroxyl groups excluding tert-OH is 1. The Balaban J connectivity index is 1.78. The zero-order chi connectivity index (χ0) is 14.4. The van der Waals surface area contributed by atoms with E-state index in [1.807, 2.05) is 17.5 Å². The normalized spacial score (nSPS) is 16.1. The second-order valence-corrected chi connectivity index (χ2v) is 5.61. The van der Waals surface area contributed by atoms with Gasteiger partial charge in [0.25, 0.3) is 0 Å². The maximum absolute atomic E-state index is 11.8. The lowest BCUT2D eigenvalue weighted by atomic mass is 10.00. The van der Waals surface area contributed by atoms with Gasteiger partial charge in [-0.05, 0) is 30.2 Å². The summed E-state index contributed by atoms with van der Waals surface area (Å²) < 4.78 is 0. The van der Waals surface area contributed by atoms with Crippen molar-refractivity contribution in [3.63, 3.8) is 0 Å². The highest BCUT2D eigenvalue weighted by Gasteiger charge is 2.25. The lowest BCUT2D eigenvalue weighted by Gasteiger charge is -2.17. The summed E-state index contributed by atoms with van der Waals surface area (Å²) in [5.41, 5.74) is 0. The molecule has 3 N–H and O–H groups in total. The number of rotatable bonds is 6. The Morgan fingerprint density at radius 1 is 1.55 bits per heavy atom. The number of amides is 4. The minimum Gasteiger partial charge on any atom is -0.396 e. The predicted octanol–water partition coefficient (Wildman–Crippen LogP) is 1.34. The zero-order valence-electron chi connectivity index (χ0n) is 11.2. The van der Waals surface area contributed by atoms with Crippen LogP contribution >= 0.6 is 11.3 Å². The molecule has 1 aromatic rings. The van der Waals surface area contributed by atoms with Crippen molar-refractivity contribution in [1.29, 1.82) is 0 Å². The molecule has 2 rings (SSSR count). The molecule has 2 heterocycles. The second-order valence-electron chi connectivity index (χ2n) is 4.63. The van der Waals surface area contributed by atoms with E-state index in [9.17, 15) is 9.59 Å². The van der Waals surface area contributed by atoms with E-state index in [0.717, 1.165) is 6.42 Å². The van der Waals surface area contributed by atoms with Gasteiger partial charge >= 0.3 is 12.1 Å². The molecule has 110 valence electrons. The van der Waals surface area contributed by atoms with Crippen molar-refractivity contribution in [2.45, 2.75) is 18.8 Å². The lowest BCUT2D eigenvalue weighted by molar-refractivity contribution is 0.198. The lowest BCUT2D eigenvalue weighted by Crippen LogP contribution is -2.42. The van der Waals surface area contributed by atoms with Gasteiger partial charge in [0.05, 0.1) is 0 Å². The van der Waals surface area contributed by atoms with Gasteiger partial charge in [-0.1, -0.05) is 6.07 Å². The Bertz CT molecular complexity index is 450. The Hall–Kier alpha value is -1.60. The minimum atomic E-state index is -0.353. The van der Waals surface area contributed by atoms with Gasteiger partial charge < -0.3 is 15.7 Å². The average molecular weight is 297 g/mol. The number of carbonyl (C=O) groups excluding carboxylic acids is 2. The SMILES string of the molecule is O=C(NCCC(CCO)c1cccs1)N1CCNC1=O. The molecular weight excluding hydrogens is 278 g/mol. The minimum absolute atomic E-state index is 0.130. The number of aliphatic hydroxyl groups is 1. The van der Waals surface area contributed by atoms with Crippen molar-refractivity contribution in [1.82, 2.24) is 15.5 Å². The Kier molecular flexibility index (Phi) is 5.37. The first-order chi connectivity index (χ1) is 9.72. The Morgan fingerprint density at radius 3 is 3.00 bits per heavy atom. The molecule has 1 unspecified atom stereocenters. The third-order valence-electron chi connectivity index (χ3n) is 3.29. The van der Waals surface area contributed by atoms with Crippen LogP contribution in [0.1, 0.15) is 23.6 Å². The smallest absolute Gasteiger partial charge is 0.325 e. The van der Waals surface area contributed by atoms with Crippen LogP contribution in [-0.2, 0) is 0 Å². The van der Waals surface area contributed by atoms with Gasteiger partial charge in [0.15, 0.2) is 0 Å². The van der Waals surface area contributed by atoms with Crippen LogP contribution in [0.5, 0.6) is 0 Å². The highest BCUT2D eigenvalue weighted by molar-refractivity contribution is 7.10. The van der Waals surface area contributed by atoms with Crippen LogP contribution in [0.15, 0.2) is 17.5 Å². The van der Waals surface area contributed by atoms with E-state index in [4.69, 9.17) is 5.11 Å². The third-order valence-corrected chi connectivity index (χ3v) is 4.33. The molecule has 0 bridgehead atoms. The Morgan fingerprint density at radius 2 is 2.40 bits per heavy atom. The van der Waals surface area contributed by atoms with E-state index in [1.54, 1.807) is 11.3 Å². The molecule has 1 aliphatic rings. The van der Waals surface area contributed by atoms with Crippen LogP contribution in [0.4, 0.5) is 9.59 Å². The van der Waals surface area contributed by atoms with Crippen LogP contribution in [0.25, 0.3) is 0 Å². The van der Waals surface area contributed by atoms with Crippen molar-refractivity contribution < 1.29 is 14.7 Å². The van der Waals surface area contributed by atoms with Crippen molar-refractivity contribution >= 4 is 23.4 Å². The van der Waals surface area contributed by atoms with Crippen molar-refractivity contribution in [3.05, 3.63) is 22.4 Å². The number of hydrogen-bond donors (Lipinski definition) is 3. The summed E-state index contributed by atoms with van der Waals surface area (Å²) in [4.78, 5) is 25.5. The van der Waals surface area contributed by atoms with Gasteiger partial charge in [0.1, 0.15) is 0 Å². The summed E-state index contributed by atoms with van der Waals surface area (Å²) in [6, 6.07) is 3.33. The van der Waals surface area contributed by atoms with Crippen molar-refractivity contribution in [2.75, 3.05) is 26.2 Å².